The Morgan fingerprint density at radius 2 is 2.15 bits per heavy atom. The van der Waals surface area contributed by atoms with E-state index < -0.39 is 0 Å². The van der Waals surface area contributed by atoms with Crippen molar-refractivity contribution in [1.29, 1.82) is 0 Å². The molecule has 0 aliphatic carbocycles. The van der Waals surface area contributed by atoms with E-state index in [1.165, 1.54) is 12.8 Å². The zero-order valence-electron chi connectivity index (χ0n) is 8.68. The average molecular weight is 184 g/mol. The molecule has 1 fully saturated rings. The third kappa shape index (κ3) is 3.77. The smallest absolute Gasteiger partial charge is 0.222 e. The zero-order valence-corrected chi connectivity index (χ0v) is 8.68. The molecule has 3 nitrogen and oxygen atoms in total. The van der Waals surface area contributed by atoms with E-state index in [1.807, 2.05) is 14.1 Å². The molecule has 1 aliphatic rings. The van der Waals surface area contributed by atoms with E-state index >= 15 is 0 Å². The van der Waals surface area contributed by atoms with Crippen molar-refractivity contribution in [1.82, 2.24) is 10.2 Å². The van der Waals surface area contributed by atoms with Crippen molar-refractivity contribution >= 4 is 5.91 Å². The van der Waals surface area contributed by atoms with Gasteiger partial charge in [0.05, 0.1) is 0 Å². The summed E-state index contributed by atoms with van der Waals surface area (Å²) in [6.45, 7) is 2.19. The number of nitrogens with one attached hydrogen (secondary N) is 1. The maximum absolute atomic E-state index is 11.4. The predicted octanol–water partition coefficient (Wildman–Crippen LogP) is 0.854. The van der Waals surface area contributed by atoms with Gasteiger partial charge in [0, 0.05) is 20.5 Å². The normalized spacial score (nSPS) is 23.7. The Morgan fingerprint density at radius 3 is 2.85 bits per heavy atom. The molecule has 0 aromatic rings. The fourth-order valence-electron chi connectivity index (χ4n) is 1.72. The van der Waals surface area contributed by atoms with Crippen molar-refractivity contribution in [3.8, 4) is 0 Å². The van der Waals surface area contributed by atoms with Crippen LogP contribution in [0.15, 0.2) is 0 Å². The molecule has 1 atom stereocenters. The number of amides is 1. The quantitative estimate of drug-likeness (QED) is 0.690. The minimum atomic E-state index is 0.270. The molecule has 0 aromatic heterocycles. The number of carbonyl (C=O) groups is 1. The molecule has 1 rings (SSSR count). The van der Waals surface area contributed by atoms with Crippen LogP contribution in [0.2, 0.25) is 0 Å². The molecule has 0 aromatic carbocycles. The van der Waals surface area contributed by atoms with Crippen molar-refractivity contribution in [2.24, 2.45) is 5.92 Å². The molecule has 1 unspecified atom stereocenters. The lowest BCUT2D eigenvalue weighted by Crippen LogP contribution is -2.24. The first-order valence-electron chi connectivity index (χ1n) is 5.11. The summed E-state index contributed by atoms with van der Waals surface area (Å²) in [5, 5.41) is 3.35. The van der Waals surface area contributed by atoms with E-state index in [1.54, 1.807) is 4.90 Å². The molecule has 13 heavy (non-hydrogen) atoms. The summed E-state index contributed by atoms with van der Waals surface area (Å²) in [6, 6.07) is 0. The standard InChI is InChI=1S/C10H20N2O/c1-12(2)10(13)8-9-4-3-6-11-7-5-9/h9,11H,3-8H2,1-2H3. The summed E-state index contributed by atoms with van der Waals surface area (Å²) in [5.74, 6) is 0.872. The molecular weight excluding hydrogens is 164 g/mol. The second kappa shape index (κ2) is 5.22. The van der Waals surface area contributed by atoms with Crippen LogP contribution in [0.4, 0.5) is 0 Å². The van der Waals surface area contributed by atoms with Crippen LogP contribution in [-0.4, -0.2) is 38.0 Å². The van der Waals surface area contributed by atoms with E-state index in [0.717, 1.165) is 25.9 Å². The van der Waals surface area contributed by atoms with Gasteiger partial charge < -0.3 is 10.2 Å². The van der Waals surface area contributed by atoms with Crippen molar-refractivity contribution in [3.63, 3.8) is 0 Å². The van der Waals surface area contributed by atoms with Crippen molar-refractivity contribution in [2.45, 2.75) is 25.7 Å². The number of rotatable bonds is 2. The van der Waals surface area contributed by atoms with Crippen LogP contribution in [0.25, 0.3) is 0 Å². The number of carbonyl (C=O) groups excluding carboxylic acids is 1. The van der Waals surface area contributed by atoms with Gasteiger partial charge in [-0.2, -0.15) is 0 Å². The minimum absolute atomic E-state index is 0.270. The van der Waals surface area contributed by atoms with Crippen molar-refractivity contribution in [2.75, 3.05) is 27.2 Å². The summed E-state index contributed by atoms with van der Waals surface area (Å²) in [7, 11) is 3.66. The fraction of sp³-hybridized carbons (Fsp3) is 0.900. The molecule has 3 heteroatoms. The highest BCUT2D eigenvalue weighted by molar-refractivity contribution is 5.75. The topological polar surface area (TPSA) is 32.3 Å². The van der Waals surface area contributed by atoms with Gasteiger partial charge in [-0.25, -0.2) is 0 Å². The summed E-state index contributed by atoms with van der Waals surface area (Å²) < 4.78 is 0. The number of hydrogen-bond acceptors (Lipinski definition) is 2. The number of hydrogen-bond donors (Lipinski definition) is 1. The highest BCUT2D eigenvalue weighted by atomic mass is 16.2. The summed E-state index contributed by atoms with van der Waals surface area (Å²) >= 11 is 0. The molecule has 0 spiro atoms. The average Bonchev–Trinajstić information content (AvgIpc) is 2.32. The van der Waals surface area contributed by atoms with E-state index in [9.17, 15) is 4.79 Å². The maximum Gasteiger partial charge on any atom is 0.222 e. The molecule has 1 heterocycles. The lowest BCUT2D eigenvalue weighted by Gasteiger charge is -2.16. The van der Waals surface area contributed by atoms with Gasteiger partial charge >= 0.3 is 0 Å². The van der Waals surface area contributed by atoms with Crippen LogP contribution in [0, 0.1) is 5.92 Å². The predicted molar refractivity (Wildman–Crippen MR) is 53.5 cm³/mol. The van der Waals surface area contributed by atoms with Crippen molar-refractivity contribution < 1.29 is 4.79 Å². The van der Waals surface area contributed by atoms with Crippen molar-refractivity contribution in [3.05, 3.63) is 0 Å². The third-order valence-electron chi connectivity index (χ3n) is 2.66. The van der Waals surface area contributed by atoms with Gasteiger partial charge in [0.15, 0.2) is 0 Å². The summed E-state index contributed by atoms with van der Waals surface area (Å²) in [6.07, 6.45) is 4.30. The molecule has 0 saturated carbocycles. The van der Waals surface area contributed by atoms with Gasteiger partial charge in [0.2, 0.25) is 5.91 Å². The molecule has 1 amide bonds. The van der Waals surface area contributed by atoms with Crippen LogP contribution in [-0.2, 0) is 4.79 Å². The maximum atomic E-state index is 11.4. The Kier molecular flexibility index (Phi) is 4.22. The minimum Gasteiger partial charge on any atom is -0.349 e. The van der Waals surface area contributed by atoms with Crippen LogP contribution in [0.5, 0.6) is 0 Å². The largest absolute Gasteiger partial charge is 0.349 e. The highest BCUT2D eigenvalue weighted by Gasteiger charge is 2.16. The molecule has 1 saturated heterocycles. The Bertz CT molecular complexity index is 160. The van der Waals surface area contributed by atoms with Gasteiger partial charge in [-0.15, -0.1) is 0 Å². The van der Waals surface area contributed by atoms with Gasteiger partial charge in [-0.1, -0.05) is 0 Å². The summed E-state index contributed by atoms with van der Waals surface area (Å²) in [4.78, 5) is 13.1. The van der Waals surface area contributed by atoms with Crippen LogP contribution in [0.3, 0.4) is 0 Å². The molecule has 0 radical (unpaired) electrons. The fourth-order valence-corrected chi connectivity index (χ4v) is 1.72. The van der Waals surface area contributed by atoms with Gasteiger partial charge in [-0.3, -0.25) is 4.79 Å². The van der Waals surface area contributed by atoms with E-state index in [4.69, 9.17) is 0 Å². The third-order valence-corrected chi connectivity index (χ3v) is 2.66. The van der Waals surface area contributed by atoms with Crippen LogP contribution in [0.1, 0.15) is 25.7 Å². The van der Waals surface area contributed by atoms with E-state index in [0.29, 0.717) is 5.92 Å². The SMILES string of the molecule is CN(C)C(=O)CC1CCCNCC1. The molecule has 1 N–H and O–H groups in total. The Labute approximate surface area is 80.5 Å². The molecule has 0 bridgehead atoms. The zero-order chi connectivity index (χ0) is 9.68. The lowest BCUT2D eigenvalue weighted by molar-refractivity contribution is -0.129. The first-order valence-corrected chi connectivity index (χ1v) is 5.11. The second-order valence-corrected chi connectivity index (χ2v) is 4.04. The highest BCUT2D eigenvalue weighted by Crippen LogP contribution is 2.17. The molecule has 1 aliphatic heterocycles. The second-order valence-electron chi connectivity index (χ2n) is 4.04. The first-order chi connectivity index (χ1) is 6.20. The monoisotopic (exact) mass is 184 g/mol. The lowest BCUT2D eigenvalue weighted by atomic mass is 9.96. The Morgan fingerprint density at radius 1 is 1.38 bits per heavy atom. The van der Waals surface area contributed by atoms with Gasteiger partial charge in [-0.05, 0) is 38.3 Å². The number of nitrogens with zero attached hydrogens (tertiary/aromatic N) is 1. The Hall–Kier alpha value is -0.570. The molecule has 76 valence electrons. The Balaban J connectivity index is 2.29. The summed E-state index contributed by atoms with van der Waals surface area (Å²) in [5.41, 5.74) is 0. The van der Waals surface area contributed by atoms with Crippen LogP contribution < -0.4 is 5.32 Å². The van der Waals surface area contributed by atoms with Gasteiger partial charge in [0.25, 0.3) is 0 Å². The van der Waals surface area contributed by atoms with E-state index in [2.05, 4.69) is 5.32 Å². The van der Waals surface area contributed by atoms with E-state index in [-0.39, 0.29) is 5.91 Å². The molecular formula is C10H20N2O. The van der Waals surface area contributed by atoms with Gasteiger partial charge in [0.1, 0.15) is 0 Å². The first kappa shape index (κ1) is 10.5. The van der Waals surface area contributed by atoms with Crippen LogP contribution >= 0.6 is 0 Å².